The second kappa shape index (κ2) is 14.1. The van der Waals surface area contributed by atoms with Gasteiger partial charge in [0.05, 0.1) is 17.7 Å². The molecule has 0 aliphatic rings. The zero-order chi connectivity index (χ0) is 30.2. The molecule has 3 rings (SSSR count). The van der Waals surface area contributed by atoms with Gasteiger partial charge in [-0.1, -0.05) is 55.8 Å². The summed E-state index contributed by atoms with van der Waals surface area (Å²) in [7, 11) is -2.81. The lowest BCUT2D eigenvalue weighted by Gasteiger charge is -2.33. The zero-order valence-corrected chi connectivity index (χ0v) is 24.9. The Morgan fingerprint density at radius 2 is 1.59 bits per heavy atom. The number of benzene rings is 3. The van der Waals surface area contributed by atoms with Crippen LogP contribution in [0.2, 0.25) is 0 Å². The van der Waals surface area contributed by atoms with Crippen molar-refractivity contribution in [3.63, 3.8) is 0 Å². The topological polar surface area (TPSA) is 96.0 Å². The van der Waals surface area contributed by atoms with Gasteiger partial charge in [0, 0.05) is 12.6 Å². The largest absolute Gasteiger partial charge is 0.497 e. The van der Waals surface area contributed by atoms with Gasteiger partial charge in [0.2, 0.25) is 11.8 Å². The molecule has 41 heavy (non-hydrogen) atoms. The van der Waals surface area contributed by atoms with Gasteiger partial charge in [-0.3, -0.25) is 13.9 Å². The summed E-state index contributed by atoms with van der Waals surface area (Å²) in [5.74, 6) is -1.16. The Labute approximate surface area is 242 Å². The highest BCUT2D eigenvalue weighted by Crippen LogP contribution is 2.27. The number of hydrogen-bond donors (Lipinski definition) is 1. The maximum atomic E-state index is 15.0. The molecule has 0 heterocycles. The fraction of sp³-hybridized carbons (Fsp3) is 0.355. The zero-order valence-electron chi connectivity index (χ0n) is 24.1. The third-order valence-electron chi connectivity index (χ3n) is 6.91. The number of ether oxygens (including phenoxy) is 1. The van der Waals surface area contributed by atoms with Gasteiger partial charge in [0.15, 0.2) is 0 Å². The number of nitrogens with zero attached hydrogens (tertiary/aromatic N) is 2. The molecule has 2 atom stereocenters. The molecule has 0 aromatic heterocycles. The molecule has 0 bridgehead atoms. The van der Waals surface area contributed by atoms with Gasteiger partial charge in [-0.05, 0) is 68.7 Å². The van der Waals surface area contributed by atoms with Crippen LogP contribution < -0.4 is 14.4 Å². The smallest absolute Gasteiger partial charge is 0.264 e. The van der Waals surface area contributed by atoms with E-state index in [-0.39, 0.29) is 35.5 Å². The molecule has 0 aliphatic carbocycles. The van der Waals surface area contributed by atoms with E-state index < -0.39 is 34.3 Å². The van der Waals surface area contributed by atoms with Crippen molar-refractivity contribution in [1.29, 1.82) is 0 Å². The van der Waals surface area contributed by atoms with Gasteiger partial charge in [0.1, 0.15) is 24.2 Å². The van der Waals surface area contributed by atoms with Crippen LogP contribution in [0.4, 0.5) is 10.1 Å². The van der Waals surface area contributed by atoms with Crippen molar-refractivity contribution in [3.8, 4) is 5.75 Å². The van der Waals surface area contributed by atoms with E-state index in [9.17, 15) is 18.0 Å². The van der Waals surface area contributed by atoms with Crippen LogP contribution in [-0.2, 0) is 26.2 Å². The van der Waals surface area contributed by atoms with Crippen molar-refractivity contribution in [3.05, 3.63) is 89.7 Å². The highest BCUT2D eigenvalue weighted by Gasteiger charge is 2.34. The third kappa shape index (κ3) is 7.85. The number of sulfonamides is 1. The average molecular weight is 584 g/mol. The number of carbonyl (C=O) groups excluding carboxylic acids is 2. The van der Waals surface area contributed by atoms with Gasteiger partial charge < -0.3 is 15.0 Å². The molecule has 8 nitrogen and oxygen atoms in total. The van der Waals surface area contributed by atoms with Crippen LogP contribution in [-0.4, -0.2) is 50.9 Å². The van der Waals surface area contributed by atoms with E-state index in [4.69, 9.17) is 4.74 Å². The van der Waals surface area contributed by atoms with Crippen molar-refractivity contribution >= 4 is 27.5 Å². The highest BCUT2D eigenvalue weighted by molar-refractivity contribution is 7.92. The van der Waals surface area contributed by atoms with E-state index in [0.29, 0.717) is 17.7 Å². The second-order valence-electron chi connectivity index (χ2n) is 9.89. The molecule has 0 aliphatic heterocycles. The first-order valence-corrected chi connectivity index (χ1v) is 15.0. The average Bonchev–Trinajstić information content (AvgIpc) is 2.96. The van der Waals surface area contributed by atoms with Crippen molar-refractivity contribution in [1.82, 2.24) is 10.2 Å². The van der Waals surface area contributed by atoms with Crippen molar-refractivity contribution in [2.24, 2.45) is 0 Å². The monoisotopic (exact) mass is 583 g/mol. The first-order chi connectivity index (χ1) is 19.5. The van der Waals surface area contributed by atoms with Gasteiger partial charge in [-0.15, -0.1) is 0 Å². The predicted octanol–water partition coefficient (Wildman–Crippen LogP) is 5.06. The number of methoxy groups -OCH3 is 1. The summed E-state index contributed by atoms with van der Waals surface area (Å²) < 4.78 is 48.7. The number of para-hydroxylation sites is 1. The van der Waals surface area contributed by atoms with Gasteiger partial charge in [0.25, 0.3) is 10.0 Å². The molecule has 220 valence electrons. The normalized spacial score (nSPS) is 12.7. The third-order valence-corrected chi connectivity index (χ3v) is 8.68. The summed E-state index contributed by atoms with van der Waals surface area (Å²) in [5.41, 5.74) is 1.30. The lowest BCUT2D eigenvalue weighted by atomic mass is 10.1. The number of anilines is 1. The molecular formula is C31H38FN3O5S. The lowest BCUT2D eigenvalue weighted by Crippen LogP contribution is -2.53. The standard InChI is InChI=1S/C31H38FN3O5S/c1-6-23(4)33-31(37)28(7-2)34(20-24-14-16-25(40-5)17-15-24)30(36)21-35(29-11-9-8-10-27(29)32)41(38,39)26-18-12-22(3)13-19-26/h8-19,23,28H,6-7,20-21H2,1-5H3,(H,33,37)/t23-,28-/m1/s1. The summed E-state index contributed by atoms with van der Waals surface area (Å²) >= 11 is 0. The first-order valence-electron chi connectivity index (χ1n) is 13.6. The molecular weight excluding hydrogens is 545 g/mol. The van der Waals surface area contributed by atoms with Crippen LogP contribution >= 0.6 is 0 Å². The van der Waals surface area contributed by atoms with Crippen molar-refractivity contribution in [2.45, 2.75) is 64.1 Å². The molecule has 1 N–H and O–H groups in total. The highest BCUT2D eigenvalue weighted by atomic mass is 32.2. The predicted molar refractivity (Wildman–Crippen MR) is 158 cm³/mol. The van der Waals surface area contributed by atoms with Crippen LogP contribution in [0.3, 0.4) is 0 Å². The Bertz CT molecular complexity index is 1430. The number of rotatable bonds is 13. The molecule has 3 aromatic rings. The van der Waals surface area contributed by atoms with Gasteiger partial charge in [-0.2, -0.15) is 0 Å². The Balaban J connectivity index is 2.06. The summed E-state index contributed by atoms with van der Waals surface area (Å²) in [6, 6.07) is 17.5. The van der Waals surface area contributed by atoms with Crippen molar-refractivity contribution in [2.75, 3.05) is 18.0 Å². The van der Waals surface area contributed by atoms with Gasteiger partial charge >= 0.3 is 0 Å². The second-order valence-corrected chi connectivity index (χ2v) is 11.8. The molecule has 0 fully saturated rings. The van der Waals surface area contributed by atoms with E-state index in [1.807, 2.05) is 20.8 Å². The lowest BCUT2D eigenvalue weighted by molar-refractivity contribution is -0.140. The molecule has 10 heteroatoms. The minimum absolute atomic E-state index is 0.0327. The summed E-state index contributed by atoms with van der Waals surface area (Å²) in [5, 5.41) is 2.93. The molecule has 0 saturated carbocycles. The molecule has 0 spiro atoms. The van der Waals surface area contributed by atoms with Crippen LogP contribution in [0, 0.1) is 12.7 Å². The maximum Gasteiger partial charge on any atom is 0.264 e. The fourth-order valence-electron chi connectivity index (χ4n) is 4.29. The van der Waals surface area contributed by atoms with E-state index in [2.05, 4.69) is 5.32 Å². The number of hydrogen-bond acceptors (Lipinski definition) is 5. The van der Waals surface area contributed by atoms with E-state index in [0.717, 1.165) is 15.9 Å². The maximum absolute atomic E-state index is 15.0. The molecule has 0 radical (unpaired) electrons. The molecule has 2 amide bonds. The molecule has 0 saturated heterocycles. The van der Waals surface area contributed by atoms with Crippen molar-refractivity contribution < 1.29 is 27.1 Å². The Morgan fingerprint density at radius 1 is 0.951 bits per heavy atom. The number of aryl methyl sites for hydroxylation is 1. The minimum Gasteiger partial charge on any atom is -0.497 e. The van der Waals surface area contributed by atoms with E-state index >= 15 is 4.39 Å². The van der Waals surface area contributed by atoms with Crippen LogP contribution in [0.15, 0.2) is 77.7 Å². The minimum atomic E-state index is -4.35. The Hall–Kier alpha value is -3.92. The quantitative estimate of drug-likeness (QED) is 0.304. The Kier molecular flexibility index (Phi) is 10.9. The summed E-state index contributed by atoms with van der Waals surface area (Å²) in [4.78, 5) is 28.7. The fourth-order valence-corrected chi connectivity index (χ4v) is 5.71. The van der Waals surface area contributed by atoms with Crippen LogP contribution in [0.5, 0.6) is 5.75 Å². The van der Waals surface area contributed by atoms with E-state index in [1.54, 1.807) is 50.4 Å². The number of amides is 2. The number of halogens is 1. The summed E-state index contributed by atoms with van der Waals surface area (Å²) in [6.45, 7) is 6.74. The number of carbonyl (C=O) groups is 2. The first kappa shape index (κ1) is 31.6. The summed E-state index contributed by atoms with van der Waals surface area (Å²) in [6.07, 6.45) is 0.985. The van der Waals surface area contributed by atoms with Gasteiger partial charge in [-0.25, -0.2) is 12.8 Å². The number of nitrogens with one attached hydrogen (secondary N) is 1. The molecule has 3 aromatic carbocycles. The van der Waals surface area contributed by atoms with Crippen LogP contribution in [0.1, 0.15) is 44.7 Å². The Morgan fingerprint density at radius 3 is 2.15 bits per heavy atom. The SMILES string of the molecule is CC[C@@H](C)NC(=O)[C@@H](CC)N(Cc1ccc(OC)cc1)C(=O)CN(c1ccccc1F)S(=O)(=O)c1ccc(C)cc1. The van der Waals surface area contributed by atoms with E-state index in [1.165, 1.54) is 35.2 Å². The molecule has 0 unspecified atom stereocenters. The van der Waals surface area contributed by atoms with Crippen LogP contribution in [0.25, 0.3) is 0 Å².